The topological polar surface area (TPSA) is 105 Å². The number of hydrogen-bond donors (Lipinski definition) is 2. The summed E-state index contributed by atoms with van der Waals surface area (Å²) in [5, 5.41) is 6.58. The molecule has 10 heteroatoms. The number of rotatable bonds is 5. The van der Waals surface area contributed by atoms with E-state index in [1.54, 1.807) is 41.4 Å². The quantitative estimate of drug-likeness (QED) is 0.479. The van der Waals surface area contributed by atoms with Gasteiger partial charge in [-0.1, -0.05) is 12.1 Å². The van der Waals surface area contributed by atoms with Crippen LogP contribution in [-0.2, 0) is 9.84 Å². The summed E-state index contributed by atoms with van der Waals surface area (Å²) in [6.07, 6.45) is 4.38. The van der Waals surface area contributed by atoms with Crippen molar-refractivity contribution in [2.75, 3.05) is 42.7 Å². The van der Waals surface area contributed by atoms with E-state index in [1.807, 2.05) is 12.1 Å². The molecule has 2 aromatic carbocycles. The number of aromatic nitrogens is 4. The summed E-state index contributed by atoms with van der Waals surface area (Å²) >= 11 is 0. The molecule has 1 fully saturated rings. The van der Waals surface area contributed by atoms with Crippen LogP contribution in [0.3, 0.4) is 0 Å². The molecule has 0 radical (unpaired) electrons. The molecule has 3 heterocycles. The van der Waals surface area contributed by atoms with Gasteiger partial charge in [-0.15, -0.1) is 0 Å². The summed E-state index contributed by atoms with van der Waals surface area (Å²) in [4.78, 5) is 15.9. The Morgan fingerprint density at radius 1 is 1.00 bits per heavy atom. The van der Waals surface area contributed by atoms with E-state index in [1.165, 1.54) is 11.9 Å². The highest BCUT2D eigenvalue weighted by atomic mass is 32.2. The summed E-state index contributed by atoms with van der Waals surface area (Å²) in [6.45, 7) is 3.96. The molecule has 1 saturated heterocycles. The molecule has 0 amide bonds. The van der Waals surface area contributed by atoms with Crippen LogP contribution in [0.1, 0.15) is 0 Å². The first-order chi connectivity index (χ1) is 15.5. The molecule has 2 N–H and O–H groups in total. The fourth-order valence-corrected chi connectivity index (χ4v) is 4.70. The van der Waals surface area contributed by atoms with E-state index in [0.717, 1.165) is 31.9 Å². The van der Waals surface area contributed by atoms with Gasteiger partial charge in [0.2, 0.25) is 5.95 Å². The number of hydrogen-bond acceptors (Lipinski definition) is 8. The summed E-state index contributed by atoms with van der Waals surface area (Å²) in [6, 6.07) is 15.0. The van der Waals surface area contributed by atoms with Gasteiger partial charge < -0.3 is 15.5 Å². The second-order valence-corrected chi connectivity index (χ2v) is 9.65. The van der Waals surface area contributed by atoms with Crippen LogP contribution in [0.4, 0.5) is 17.3 Å². The molecular weight excluding hydrogens is 426 g/mol. The summed E-state index contributed by atoms with van der Waals surface area (Å²) in [7, 11) is -3.42. The minimum atomic E-state index is -3.42. The fraction of sp³-hybridized carbons (Fsp3) is 0.227. The van der Waals surface area contributed by atoms with Crippen LogP contribution in [0.5, 0.6) is 0 Å². The Morgan fingerprint density at radius 2 is 1.75 bits per heavy atom. The minimum absolute atomic E-state index is 0.218. The largest absolute Gasteiger partial charge is 0.369 e. The Bertz CT molecular complexity index is 1360. The molecule has 9 nitrogen and oxygen atoms in total. The monoisotopic (exact) mass is 449 g/mol. The third kappa shape index (κ3) is 4.02. The number of para-hydroxylation sites is 1. The lowest BCUT2D eigenvalue weighted by Crippen LogP contribution is -2.43. The molecule has 164 valence electrons. The van der Waals surface area contributed by atoms with Gasteiger partial charge in [-0.2, -0.15) is 4.98 Å². The molecule has 2 aromatic heterocycles. The lowest BCUT2D eigenvalue weighted by molar-refractivity contribution is 0.589. The van der Waals surface area contributed by atoms with Crippen LogP contribution >= 0.6 is 0 Å². The highest BCUT2D eigenvalue weighted by molar-refractivity contribution is 7.90. The van der Waals surface area contributed by atoms with Crippen molar-refractivity contribution in [2.45, 2.75) is 4.90 Å². The molecule has 0 aliphatic carbocycles. The number of fused-ring (bicyclic) bond motifs is 1. The summed E-state index contributed by atoms with van der Waals surface area (Å²) in [5.41, 5.74) is 3.65. The van der Waals surface area contributed by atoms with Crippen molar-refractivity contribution in [3.8, 4) is 5.69 Å². The minimum Gasteiger partial charge on any atom is -0.369 e. The Morgan fingerprint density at radius 3 is 2.50 bits per heavy atom. The molecule has 1 aliphatic rings. The standard InChI is InChI=1S/C22H23N7O2S/c1-32(30,31)20-5-3-2-4-19(20)29-15-25-18-14-24-22(27-21(18)29)26-16-6-8-17(9-7-16)28-12-10-23-11-13-28/h2-9,14-15,23H,10-13H2,1H3,(H,24,26,27). The molecule has 0 saturated carbocycles. The summed E-state index contributed by atoms with van der Waals surface area (Å²) < 4.78 is 26.2. The molecule has 1 aliphatic heterocycles. The summed E-state index contributed by atoms with van der Waals surface area (Å²) in [5.74, 6) is 0.408. The van der Waals surface area contributed by atoms with Gasteiger partial charge in [0.15, 0.2) is 15.5 Å². The van der Waals surface area contributed by atoms with Crippen molar-refractivity contribution in [3.05, 3.63) is 61.1 Å². The maximum atomic E-state index is 12.2. The first kappa shape index (κ1) is 20.4. The van der Waals surface area contributed by atoms with Crippen LogP contribution in [0.2, 0.25) is 0 Å². The van der Waals surface area contributed by atoms with Crippen molar-refractivity contribution < 1.29 is 8.42 Å². The van der Waals surface area contributed by atoms with E-state index in [9.17, 15) is 8.42 Å². The SMILES string of the molecule is CS(=O)(=O)c1ccccc1-n1cnc2cnc(Nc3ccc(N4CCNCC4)cc3)nc21. The molecule has 0 unspecified atom stereocenters. The smallest absolute Gasteiger partial charge is 0.229 e. The van der Waals surface area contributed by atoms with E-state index in [2.05, 4.69) is 42.6 Å². The van der Waals surface area contributed by atoms with E-state index in [4.69, 9.17) is 0 Å². The van der Waals surface area contributed by atoms with Gasteiger partial charge >= 0.3 is 0 Å². The zero-order valence-corrected chi connectivity index (χ0v) is 18.4. The average molecular weight is 450 g/mol. The number of anilines is 3. The molecule has 5 rings (SSSR count). The number of piperazine rings is 1. The Hall–Kier alpha value is -3.50. The normalized spacial score (nSPS) is 14.6. The highest BCUT2D eigenvalue weighted by Gasteiger charge is 2.17. The maximum absolute atomic E-state index is 12.2. The van der Waals surface area contributed by atoms with Crippen molar-refractivity contribution in [1.29, 1.82) is 0 Å². The van der Waals surface area contributed by atoms with Gasteiger partial charge in [0.05, 0.1) is 16.8 Å². The van der Waals surface area contributed by atoms with Crippen molar-refractivity contribution >= 4 is 38.3 Å². The number of nitrogens with zero attached hydrogens (tertiary/aromatic N) is 5. The molecular formula is C22H23N7O2S. The van der Waals surface area contributed by atoms with Crippen molar-refractivity contribution in [2.24, 2.45) is 0 Å². The van der Waals surface area contributed by atoms with Gasteiger partial charge in [0, 0.05) is 43.8 Å². The number of nitrogens with one attached hydrogen (secondary N) is 2. The van der Waals surface area contributed by atoms with Crippen LogP contribution < -0.4 is 15.5 Å². The van der Waals surface area contributed by atoms with Gasteiger partial charge in [-0.25, -0.2) is 18.4 Å². The lowest BCUT2D eigenvalue weighted by Gasteiger charge is -2.29. The second-order valence-electron chi connectivity index (χ2n) is 7.67. The van der Waals surface area contributed by atoms with Crippen molar-refractivity contribution in [1.82, 2.24) is 24.8 Å². The van der Waals surface area contributed by atoms with Gasteiger partial charge in [-0.3, -0.25) is 4.57 Å². The van der Waals surface area contributed by atoms with E-state index < -0.39 is 9.84 Å². The number of imidazole rings is 1. The predicted molar refractivity (Wildman–Crippen MR) is 125 cm³/mol. The van der Waals surface area contributed by atoms with Gasteiger partial charge in [-0.05, 0) is 36.4 Å². The molecule has 0 spiro atoms. The third-order valence-electron chi connectivity index (χ3n) is 5.42. The van der Waals surface area contributed by atoms with Gasteiger partial charge in [0.1, 0.15) is 11.8 Å². The van der Waals surface area contributed by atoms with Crippen LogP contribution in [0.25, 0.3) is 16.9 Å². The number of benzene rings is 2. The lowest BCUT2D eigenvalue weighted by atomic mass is 10.2. The average Bonchev–Trinajstić information content (AvgIpc) is 3.23. The van der Waals surface area contributed by atoms with Crippen LogP contribution in [0, 0.1) is 0 Å². The zero-order valence-electron chi connectivity index (χ0n) is 17.6. The van der Waals surface area contributed by atoms with E-state index in [0.29, 0.717) is 22.8 Å². The first-order valence-electron chi connectivity index (χ1n) is 10.3. The van der Waals surface area contributed by atoms with E-state index >= 15 is 0 Å². The predicted octanol–water partition coefficient (Wildman–Crippen LogP) is 2.37. The molecule has 0 bridgehead atoms. The van der Waals surface area contributed by atoms with E-state index in [-0.39, 0.29) is 4.90 Å². The molecule has 4 aromatic rings. The Balaban J connectivity index is 1.45. The second kappa shape index (κ2) is 8.21. The Kier molecular flexibility index (Phi) is 5.24. The van der Waals surface area contributed by atoms with Crippen LogP contribution in [-0.4, -0.2) is 60.4 Å². The molecule has 0 atom stereocenters. The fourth-order valence-electron chi connectivity index (χ4n) is 3.82. The van der Waals surface area contributed by atoms with Crippen molar-refractivity contribution in [3.63, 3.8) is 0 Å². The zero-order chi connectivity index (χ0) is 22.1. The Labute approximate surface area is 186 Å². The number of sulfone groups is 1. The van der Waals surface area contributed by atoms with Crippen LogP contribution in [0.15, 0.2) is 66.0 Å². The third-order valence-corrected chi connectivity index (χ3v) is 6.56. The van der Waals surface area contributed by atoms with Gasteiger partial charge in [0.25, 0.3) is 0 Å². The first-order valence-corrected chi connectivity index (χ1v) is 12.2. The maximum Gasteiger partial charge on any atom is 0.229 e. The highest BCUT2D eigenvalue weighted by Crippen LogP contribution is 2.25. The molecule has 32 heavy (non-hydrogen) atoms.